The number of amides is 2. The first-order chi connectivity index (χ1) is 17.9. The van der Waals surface area contributed by atoms with Gasteiger partial charge >= 0.3 is 5.97 Å². The normalized spacial score (nSPS) is 13.9. The summed E-state index contributed by atoms with van der Waals surface area (Å²) < 4.78 is 5.71. The second kappa shape index (κ2) is 16.1. The number of rotatable bonds is 16. The van der Waals surface area contributed by atoms with Crippen LogP contribution in [-0.4, -0.2) is 42.1 Å². The molecule has 0 unspecified atom stereocenters. The van der Waals surface area contributed by atoms with E-state index in [1.54, 1.807) is 19.1 Å². The molecule has 4 atom stereocenters. The zero-order chi connectivity index (χ0) is 27.0. The van der Waals surface area contributed by atoms with E-state index in [1.807, 2.05) is 60.7 Å². The Balaban J connectivity index is 2.11. The number of aliphatic hydroxyl groups is 1. The van der Waals surface area contributed by atoms with Gasteiger partial charge in [-0.3, -0.25) is 14.4 Å². The molecule has 2 amide bonds. The summed E-state index contributed by atoms with van der Waals surface area (Å²) in [6, 6.07) is 18.0. The van der Waals surface area contributed by atoms with Gasteiger partial charge in [-0.2, -0.15) is 0 Å². The van der Waals surface area contributed by atoms with E-state index in [0.717, 1.165) is 11.1 Å². The Hall–Kier alpha value is -3.71. The first-order valence-corrected chi connectivity index (χ1v) is 12.6. The van der Waals surface area contributed by atoms with Crippen LogP contribution in [0.2, 0.25) is 0 Å². The summed E-state index contributed by atoms with van der Waals surface area (Å²) in [5.41, 5.74) is 1.81. The number of hydrogen-bond acceptors (Lipinski definition) is 5. The Kier molecular flexibility index (Phi) is 12.9. The summed E-state index contributed by atoms with van der Waals surface area (Å²) in [4.78, 5) is 38.5. The lowest BCUT2D eigenvalue weighted by molar-refractivity contribution is -0.150. The number of esters is 1. The Bertz CT molecular complexity index is 1010. The van der Waals surface area contributed by atoms with Crippen molar-refractivity contribution in [2.45, 2.75) is 44.7 Å². The third-order valence-corrected chi connectivity index (χ3v) is 5.96. The molecule has 2 rings (SSSR count). The maximum atomic E-state index is 13.2. The quantitative estimate of drug-likeness (QED) is 0.237. The number of carbonyl (C=O) groups excluding carboxylic acids is 3. The van der Waals surface area contributed by atoms with Crippen molar-refractivity contribution in [3.63, 3.8) is 0 Å². The van der Waals surface area contributed by atoms with Crippen LogP contribution >= 0.6 is 0 Å². The van der Waals surface area contributed by atoms with Crippen molar-refractivity contribution >= 4 is 17.8 Å². The van der Waals surface area contributed by atoms with Crippen LogP contribution in [0.5, 0.6) is 0 Å². The van der Waals surface area contributed by atoms with Crippen LogP contribution in [0.15, 0.2) is 86.0 Å². The highest BCUT2D eigenvalue weighted by atomic mass is 16.5. The highest BCUT2D eigenvalue weighted by Crippen LogP contribution is 2.20. The molecule has 3 N–H and O–H groups in total. The van der Waals surface area contributed by atoms with Gasteiger partial charge in [0.25, 0.3) is 0 Å². The Morgan fingerprint density at radius 3 is 2.11 bits per heavy atom. The molecule has 198 valence electrons. The van der Waals surface area contributed by atoms with Gasteiger partial charge in [-0.15, -0.1) is 13.2 Å². The van der Waals surface area contributed by atoms with Crippen LogP contribution < -0.4 is 10.6 Å². The van der Waals surface area contributed by atoms with E-state index >= 15 is 0 Å². The van der Waals surface area contributed by atoms with Gasteiger partial charge in [0.2, 0.25) is 11.8 Å². The Morgan fingerprint density at radius 2 is 1.51 bits per heavy atom. The minimum Gasteiger partial charge on any atom is -0.463 e. The molecule has 2 aromatic rings. The largest absolute Gasteiger partial charge is 0.463 e. The van der Waals surface area contributed by atoms with E-state index in [9.17, 15) is 19.5 Å². The second-order valence-corrected chi connectivity index (χ2v) is 9.09. The zero-order valence-electron chi connectivity index (χ0n) is 21.5. The third kappa shape index (κ3) is 10.4. The lowest BCUT2D eigenvalue weighted by atomic mass is 9.96. The van der Waals surface area contributed by atoms with Gasteiger partial charge in [0.05, 0.1) is 24.5 Å². The number of allylic oxidation sites excluding steroid dienone is 2. The molecule has 37 heavy (non-hydrogen) atoms. The predicted molar refractivity (Wildman–Crippen MR) is 144 cm³/mol. The minimum absolute atomic E-state index is 0.0500. The van der Waals surface area contributed by atoms with Crippen molar-refractivity contribution in [1.29, 1.82) is 0 Å². The average molecular weight is 507 g/mol. The number of hydrogen-bond donors (Lipinski definition) is 3. The first-order valence-electron chi connectivity index (χ1n) is 12.6. The number of benzene rings is 2. The van der Waals surface area contributed by atoms with E-state index in [2.05, 4.69) is 23.8 Å². The number of ether oxygens (including phenoxy) is 1. The fourth-order valence-corrected chi connectivity index (χ4v) is 3.93. The van der Waals surface area contributed by atoms with Crippen LogP contribution in [-0.2, 0) is 25.5 Å². The van der Waals surface area contributed by atoms with Gasteiger partial charge in [0.15, 0.2) is 0 Å². The molecule has 0 aliphatic heterocycles. The Labute approximate surface area is 219 Å². The summed E-state index contributed by atoms with van der Waals surface area (Å²) in [5, 5.41) is 14.8. The molecule has 0 heterocycles. The summed E-state index contributed by atoms with van der Waals surface area (Å²) >= 11 is 0. The van der Waals surface area contributed by atoms with Crippen LogP contribution in [0.3, 0.4) is 0 Å². The minimum atomic E-state index is -0.656. The van der Waals surface area contributed by atoms with Crippen molar-refractivity contribution in [1.82, 2.24) is 10.6 Å². The molecule has 0 spiro atoms. The molecule has 0 aromatic heterocycles. The molecule has 0 aliphatic rings. The number of nitrogens with one attached hydrogen (secondary N) is 2. The van der Waals surface area contributed by atoms with Crippen LogP contribution in [0.4, 0.5) is 0 Å². The molecular formula is C30H38N2O5. The maximum Gasteiger partial charge on any atom is 0.309 e. The van der Waals surface area contributed by atoms with Gasteiger partial charge in [-0.1, -0.05) is 72.8 Å². The van der Waals surface area contributed by atoms with Gasteiger partial charge in [-0.05, 0) is 37.3 Å². The standard InChI is InChI=1S/C30H38N2O5/c1-4-12-25(19-28(34)31-22(3)20-33)29(35)32-27(24-16-10-7-11-17-24)21-37-30(36)26(13-5-2)18-23-14-8-6-9-15-23/h4-11,14-17,22,25-27,33H,1-2,12-13,18-21H2,3H3,(H,31,34)(H,32,35)/t22-,25+,26+,27+/m0/s1. The monoisotopic (exact) mass is 506 g/mol. The van der Waals surface area contributed by atoms with Crippen LogP contribution in [0.25, 0.3) is 0 Å². The van der Waals surface area contributed by atoms with Crippen molar-refractivity contribution in [3.05, 3.63) is 97.1 Å². The third-order valence-electron chi connectivity index (χ3n) is 5.96. The summed E-state index contributed by atoms with van der Waals surface area (Å²) in [5.74, 6) is -2.09. The number of carbonyl (C=O) groups is 3. The average Bonchev–Trinajstić information content (AvgIpc) is 2.91. The van der Waals surface area contributed by atoms with Crippen molar-refractivity contribution in [3.8, 4) is 0 Å². The fourth-order valence-electron chi connectivity index (χ4n) is 3.93. The second-order valence-electron chi connectivity index (χ2n) is 9.09. The maximum absolute atomic E-state index is 13.2. The van der Waals surface area contributed by atoms with Crippen LogP contribution in [0, 0.1) is 11.8 Å². The number of aliphatic hydroxyl groups excluding tert-OH is 1. The van der Waals surface area contributed by atoms with E-state index in [0.29, 0.717) is 19.3 Å². The smallest absolute Gasteiger partial charge is 0.309 e. The zero-order valence-corrected chi connectivity index (χ0v) is 21.5. The highest BCUT2D eigenvalue weighted by Gasteiger charge is 2.26. The van der Waals surface area contributed by atoms with E-state index in [-0.39, 0.29) is 37.4 Å². The molecule has 0 saturated heterocycles. The van der Waals surface area contributed by atoms with Crippen molar-refractivity contribution < 1.29 is 24.2 Å². The summed E-state index contributed by atoms with van der Waals surface area (Å²) in [7, 11) is 0. The van der Waals surface area contributed by atoms with E-state index in [4.69, 9.17) is 4.74 Å². The van der Waals surface area contributed by atoms with Crippen LogP contribution in [0.1, 0.15) is 43.4 Å². The summed E-state index contributed by atoms with van der Waals surface area (Å²) in [6.07, 6.45) is 4.53. The molecule has 7 heteroatoms. The summed E-state index contributed by atoms with van der Waals surface area (Å²) in [6.45, 7) is 8.91. The molecule has 0 radical (unpaired) electrons. The molecule has 2 aromatic carbocycles. The lowest BCUT2D eigenvalue weighted by Crippen LogP contribution is -2.41. The predicted octanol–water partition coefficient (Wildman–Crippen LogP) is 3.90. The van der Waals surface area contributed by atoms with Gasteiger partial charge < -0.3 is 20.5 Å². The topological polar surface area (TPSA) is 105 Å². The molecule has 0 saturated carbocycles. The fraction of sp³-hybridized carbons (Fsp3) is 0.367. The van der Waals surface area contributed by atoms with Crippen molar-refractivity contribution in [2.75, 3.05) is 13.2 Å². The molecule has 0 fully saturated rings. The van der Waals surface area contributed by atoms with Gasteiger partial charge in [-0.25, -0.2) is 0 Å². The SMILES string of the molecule is C=CC[C@H](CC(=O)N[C@@H](C)CO)C(=O)N[C@H](COC(=O)[C@H](CC=C)Cc1ccccc1)c1ccccc1. The molecule has 0 aliphatic carbocycles. The molecule has 0 bridgehead atoms. The molecular weight excluding hydrogens is 468 g/mol. The van der Waals surface area contributed by atoms with Crippen molar-refractivity contribution in [2.24, 2.45) is 11.8 Å². The van der Waals surface area contributed by atoms with E-state index < -0.39 is 23.9 Å². The molecule has 7 nitrogen and oxygen atoms in total. The first kappa shape index (κ1) is 29.5. The Morgan fingerprint density at radius 1 is 0.919 bits per heavy atom. The van der Waals surface area contributed by atoms with Gasteiger partial charge in [0, 0.05) is 12.5 Å². The highest BCUT2D eigenvalue weighted by molar-refractivity contribution is 5.86. The van der Waals surface area contributed by atoms with E-state index in [1.165, 1.54) is 0 Å². The lowest BCUT2D eigenvalue weighted by Gasteiger charge is -2.24. The van der Waals surface area contributed by atoms with Gasteiger partial charge in [0.1, 0.15) is 6.61 Å².